The van der Waals surface area contributed by atoms with Crippen molar-refractivity contribution in [2.24, 2.45) is 0 Å². The molecule has 6 heteroatoms. The lowest BCUT2D eigenvalue weighted by molar-refractivity contribution is 0.288. The Labute approximate surface area is 141 Å². The summed E-state index contributed by atoms with van der Waals surface area (Å²) in [7, 11) is 0. The molecule has 0 unspecified atom stereocenters. The first-order valence-corrected chi connectivity index (χ1v) is 8.93. The normalized spacial score (nSPS) is 15.3. The van der Waals surface area contributed by atoms with Crippen molar-refractivity contribution in [3.8, 4) is 0 Å². The number of aryl methyl sites for hydroxylation is 2. The summed E-state index contributed by atoms with van der Waals surface area (Å²) in [4.78, 5) is 22.2. The molecule has 0 saturated heterocycles. The minimum atomic E-state index is 0.0448. The van der Waals surface area contributed by atoms with Gasteiger partial charge in [-0.1, -0.05) is 12.8 Å². The van der Waals surface area contributed by atoms with Gasteiger partial charge in [0.2, 0.25) is 5.95 Å². The summed E-state index contributed by atoms with van der Waals surface area (Å²) in [6.45, 7) is 4.80. The lowest BCUT2D eigenvalue weighted by atomic mass is 10.1. The summed E-state index contributed by atoms with van der Waals surface area (Å²) >= 11 is 0. The van der Waals surface area contributed by atoms with Crippen molar-refractivity contribution in [2.75, 3.05) is 18.5 Å². The second-order valence-electron chi connectivity index (χ2n) is 6.51. The Balaban J connectivity index is 2.23. The Hall–Kier alpha value is -1.95. The number of rotatable bonds is 6. The van der Waals surface area contributed by atoms with Crippen molar-refractivity contribution < 1.29 is 5.11 Å². The Morgan fingerprint density at radius 1 is 1.33 bits per heavy atom. The van der Waals surface area contributed by atoms with Crippen LogP contribution in [0, 0.1) is 6.92 Å². The number of fused-ring (bicyclic) bond motifs is 1. The van der Waals surface area contributed by atoms with Crippen molar-refractivity contribution in [2.45, 2.75) is 58.4 Å². The summed E-state index contributed by atoms with van der Waals surface area (Å²) in [6, 6.07) is 2.14. The van der Waals surface area contributed by atoms with E-state index in [1.54, 1.807) is 0 Å². The number of hydrogen-bond donors (Lipinski definition) is 2. The molecule has 0 spiro atoms. The smallest absolute Gasteiger partial charge is 0.255 e. The van der Waals surface area contributed by atoms with E-state index >= 15 is 0 Å². The molecule has 1 saturated carbocycles. The summed E-state index contributed by atoms with van der Waals surface area (Å²) < 4.78 is 1.89. The van der Waals surface area contributed by atoms with E-state index < -0.39 is 0 Å². The molecule has 1 aliphatic carbocycles. The molecule has 2 aromatic rings. The number of pyridine rings is 1. The Morgan fingerprint density at radius 3 is 2.75 bits per heavy atom. The predicted molar refractivity (Wildman–Crippen MR) is 95.6 cm³/mol. The van der Waals surface area contributed by atoms with E-state index in [0.29, 0.717) is 18.8 Å². The highest BCUT2D eigenvalue weighted by molar-refractivity contribution is 5.79. The Morgan fingerprint density at radius 2 is 2.08 bits per heavy atom. The van der Waals surface area contributed by atoms with Crippen LogP contribution in [0.4, 0.5) is 5.95 Å². The quantitative estimate of drug-likeness (QED) is 0.851. The molecule has 1 aliphatic rings. The van der Waals surface area contributed by atoms with Crippen LogP contribution in [0.2, 0.25) is 0 Å². The first kappa shape index (κ1) is 16.9. The highest BCUT2D eigenvalue weighted by atomic mass is 16.3. The number of aliphatic hydroxyl groups excluding tert-OH is 1. The van der Waals surface area contributed by atoms with Gasteiger partial charge in [0.05, 0.1) is 5.69 Å². The maximum absolute atomic E-state index is 13.1. The van der Waals surface area contributed by atoms with Gasteiger partial charge < -0.3 is 10.4 Å². The molecule has 0 atom stereocenters. The van der Waals surface area contributed by atoms with Crippen LogP contribution in [0.1, 0.15) is 56.3 Å². The molecular formula is C18H26N4O2. The molecule has 24 heavy (non-hydrogen) atoms. The van der Waals surface area contributed by atoms with E-state index in [2.05, 4.69) is 15.3 Å². The molecule has 2 heterocycles. The van der Waals surface area contributed by atoms with Gasteiger partial charge in [0.15, 0.2) is 0 Å². The van der Waals surface area contributed by atoms with Crippen molar-refractivity contribution in [1.29, 1.82) is 0 Å². The summed E-state index contributed by atoms with van der Waals surface area (Å²) in [5.74, 6) is 0.580. The van der Waals surface area contributed by atoms with E-state index in [9.17, 15) is 4.79 Å². The molecule has 0 amide bonds. The van der Waals surface area contributed by atoms with E-state index in [1.165, 1.54) is 0 Å². The average molecular weight is 330 g/mol. The standard InChI is InChI=1S/C18H26N4O2/c1-3-19-18-20-12(2)15-11-13(7-6-10-23)17(24)22(16(15)21-18)14-8-4-5-9-14/h11,14,23H,3-10H2,1-2H3,(H,19,20,21). The average Bonchev–Trinajstić information content (AvgIpc) is 3.08. The van der Waals surface area contributed by atoms with E-state index in [-0.39, 0.29) is 18.2 Å². The first-order valence-electron chi connectivity index (χ1n) is 8.93. The van der Waals surface area contributed by atoms with Crippen molar-refractivity contribution in [3.63, 3.8) is 0 Å². The molecule has 0 radical (unpaired) electrons. The van der Waals surface area contributed by atoms with Crippen LogP contribution in [0.25, 0.3) is 11.0 Å². The maximum atomic E-state index is 13.1. The van der Waals surface area contributed by atoms with Crippen LogP contribution in [0.15, 0.2) is 10.9 Å². The number of anilines is 1. The van der Waals surface area contributed by atoms with E-state index in [4.69, 9.17) is 5.11 Å². The minimum Gasteiger partial charge on any atom is -0.396 e. The van der Waals surface area contributed by atoms with E-state index in [0.717, 1.165) is 54.5 Å². The molecular weight excluding hydrogens is 304 g/mol. The fraction of sp³-hybridized carbons (Fsp3) is 0.611. The number of nitrogens with one attached hydrogen (secondary N) is 1. The van der Waals surface area contributed by atoms with Gasteiger partial charge in [0.1, 0.15) is 5.65 Å². The third-order valence-corrected chi connectivity index (χ3v) is 4.79. The SMILES string of the molecule is CCNc1nc(C)c2cc(CCCO)c(=O)n(C3CCCC3)c2n1. The highest BCUT2D eigenvalue weighted by Gasteiger charge is 2.23. The molecule has 3 rings (SSSR count). The van der Waals surface area contributed by atoms with Crippen LogP contribution >= 0.6 is 0 Å². The summed E-state index contributed by atoms with van der Waals surface area (Å²) in [6.07, 6.45) is 5.55. The zero-order valence-corrected chi connectivity index (χ0v) is 14.5. The molecule has 6 nitrogen and oxygen atoms in total. The van der Waals surface area contributed by atoms with Gasteiger partial charge in [0.25, 0.3) is 5.56 Å². The lowest BCUT2D eigenvalue weighted by Crippen LogP contribution is -2.28. The van der Waals surface area contributed by atoms with Crippen LogP contribution in [-0.4, -0.2) is 32.8 Å². The zero-order chi connectivity index (χ0) is 17.1. The largest absolute Gasteiger partial charge is 0.396 e. The second-order valence-corrected chi connectivity index (χ2v) is 6.51. The number of aromatic nitrogens is 3. The van der Waals surface area contributed by atoms with Crippen LogP contribution in [0.3, 0.4) is 0 Å². The predicted octanol–water partition coefficient (Wildman–Crippen LogP) is 2.57. The van der Waals surface area contributed by atoms with Gasteiger partial charge >= 0.3 is 0 Å². The first-order chi connectivity index (χ1) is 11.7. The molecule has 130 valence electrons. The van der Waals surface area contributed by atoms with Gasteiger partial charge in [-0.25, -0.2) is 4.98 Å². The van der Waals surface area contributed by atoms with Crippen molar-refractivity contribution in [3.05, 3.63) is 27.7 Å². The third-order valence-electron chi connectivity index (χ3n) is 4.79. The molecule has 0 aliphatic heterocycles. The lowest BCUT2D eigenvalue weighted by Gasteiger charge is -2.19. The topological polar surface area (TPSA) is 80.0 Å². The Bertz CT molecular complexity index is 779. The zero-order valence-electron chi connectivity index (χ0n) is 14.5. The minimum absolute atomic E-state index is 0.0448. The third kappa shape index (κ3) is 3.15. The Kier molecular flexibility index (Phi) is 5.14. The number of hydrogen-bond acceptors (Lipinski definition) is 5. The molecule has 0 aromatic carbocycles. The van der Waals surface area contributed by atoms with Crippen LogP contribution < -0.4 is 10.9 Å². The maximum Gasteiger partial charge on any atom is 0.255 e. The number of aliphatic hydroxyl groups is 1. The van der Waals surface area contributed by atoms with Gasteiger partial charge in [-0.05, 0) is 45.6 Å². The molecule has 2 aromatic heterocycles. The fourth-order valence-electron chi connectivity index (χ4n) is 3.59. The summed E-state index contributed by atoms with van der Waals surface area (Å²) in [5.41, 5.74) is 2.42. The molecule has 0 bridgehead atoms. The molecule has 2 N–H and O–H groups in total. The summed E-state index contributed by atoms with van der Waals surface area (Å²) in [5, 5.41) is 13.2. The van der Waals surface area contributed by atoms with Crippen LogP contribution in [-0.2, 0) is 6.42 Å². The van der Waals surface area contributed by atoms with E-state index in [1.807, 2.05) is 24.5 Å². The number of nitrogens with zero attached hydrogens (tertiary/aromatic N) is 3. The van der Waals surface area contributed by atoms with Gasteiger partial charge in [0, 0.05) is 30.1 Å². The molecule has 1 fully saturated rings. The fourth-order valence-corrected chi connectivity index (χ4v) is 3.59. The van der Waals surface area contributed by atoms with Gasteiger partial charge in [-0.15, -0.1) is 0 Å². The van der Waals surface area contributed by atoms with Crippen LogP contribution in [0.5, 0.6) is 0 Å². The van der Waals surface area contributed by atoms with Crippen molar-refractivity contribution >= 4 is 17.0 Å². The highest BCUT2D eigenvalue weighted by Crippen LogP contribution is 2.31. The second kappa shape index (κ2) is 7.30. The monoisotopic (exact) mass is 330 g/mol. The van der Waals surface area contributed by atoms with Crippen molar-refractivity contribution in [1.82, 2.24) is 14.5 Å². The van der Waals surface area contributed by atoms with Gasteiger partial charge in [-0.2, -0.15) is 4.98 Å². The van der Waals surface area contributed by atoms with Gasteiger partial charge in [-0.3, -0.25) is 9.36 Å².